The van der Waals surface area contributed by atoms with Crippen molar-refractivity contribution < 1.29 is 5.11 Å². The molecule has 3 heteroatoms. The number of benzene rings is 1. The number of hydrogen-bond acceptors (Lipinski definition) is 2. The molecule has 0 fully saturated rings. The predicted octanol–water partition coefficient (Wildman–Crippen LogP) is 1.58. The third-order valence-corrected chi connectivity index (χ3v) is 2.59. The van der Waals surface area contributed by atoms with Crippen LogP contribution in [0.15, 0.2) is 29.1 Å². The third-order valence-electron chi connectivity index (χ3n) is 2.59. The fourth-order valence-electron chi connectivity index (χ4n) is 1.75. The number of pyridine rings is 1. The normalized spacial score (nSPS) is 10.8. The van der Waals surface area contributed by atoms with Gasteiger partial charge in [0.15, 0.2) is 0 Å². The van der Waals surface area contributed by atoms with Crippen molar-refractivity contribution in [3.05, 3.63) is 45.7 Å². The summed E-state index contributed by atoms with van der Waals surface area (Å²) in [6, 6.07) is 7.63. The van der Waals surface area contributed by atoms with Gasteiger partial charge >= 0.3 is 0 Å². The zero-order valence-corrected chi connectivity index (χ0v) is 8.58. The summed E-state index contributed by atoms with van der Waals surface area (Å²) >= 11 is 0. The quantitative estimate of drug-likeness (QED) is 0.778. The standard InChI is InChI=1S/C12H13NO2/c1-2-8-4-3-5-9-6-10(7-14)12(15)13-11(8)9/h3-6,14H,2,7H2,1H3,(H,13,15). The monoisotopic (exact) mass is 203 g/mol. The molecule has 2 aromatic rings. The zero-order chi connectivity index (χ0) is 10.8. The summed E-state index contributed by atoms with van der Waals surface area (Å²) in [4.78, 5) is 14.3. The maximum Gasteiger partial charge on any atom is 0.253 e. The second-order valence-electron chi connectivity index (χ2n) is 3.52. The van der Waals surface area contributed by atoms with Crippen LogP contribution in [0.25, 0.3) is 10.9 Å². The average Bonchev–Trinajstić information content (AvgIpc) is 2.27. The van der Waals surface area contributed by atoms with Gasteiger partial charge in [-0.25, -0.2) is 0 Å². The summed E-state index contributed by atoms with van der Waals surface area (Å²) in [5.41, 5.74) is 2.21. The molecule has 15 heavy (non-hydrogen) atoms. The molecule has 0 atom stereocenters. The molecule has 0 aliphatic rings. The Balaban J connectivity index is 2.80. The minimum absolute atomic E-state index is 0.203. The van der Waals surface area contributed by atoms with E-state index in [0.29, 0.717) is 5.56 Å². The first-order valence-electron chi connectivity index (χ1n) is 5.01. The number of aryl methyl sites for hydroxylation is 1. The van der Waals surface area contributed by atoms with E-state index in [1.807, 2.05) is 25.1 Å². The first-order valence-corrected chi connectivity index (χ1v) is 5.01. The van der Waals surface area contributed by atoms with E-state index >= 15 is 0 Å². The van der Waals surface area contributed by atoms with Crippen LogP contribution in [0.4, 0.5) is 0 Å². The van der Waals surface area contributed by atoms with E-state index in [1.54, 1.807) is 6.07 Å². The van der Waals surface area contributed by atoms with E-state index in [1.165, 1.54) is 0 Å². The van der Waals surface area contributed by atoms with Crippen molar-refractivity contribution in [2.24, 2.45) is 0 Å². The van der Waals surface area contributed by atoms with Gasteiger partial charge in [-0.05, 0) is 23.4 Å². The fraction of sp³-hybridized carbons (Fsp3) is 0.250. The Hall–Kier alpha value is -1.61. The Bertz CT molecular complexity index is 543. The third kappa shape index (κ3) is 1.66. The largest absolute Gasteiger partial charge is 0.391 e. The molecular formula is C12H13NO2. The number of aliphatic hydroxyl groups is 1. The van der Waals surface area contributed by atoms with Crippen molar-refractivity contribution in [2.45, 2.75) is 20.0 Å². The summed E-state index contributed by atoms with van der Waals surface area (Å²) in [7, 11) is 0. The van der Waals surface area contributed by atoms with Crippen LogP contribution >= 0.6 is 0 Å². The van der Waals surface area contributed by atoms with Gasteiger partial charge in [0.1, 0.15) is 0 Å². The molecule has 0 radical (unpaired) electrons. The first-order chi connectivity index (χ1) is 7.26. The average molecular weight is 203 g/mol. The highest BCUT2D eigenvalue weighted by molar-refractivity contribution is 5.82. The van der Waals surface area contributed by atoms with Crippen molar-refractivity contribution in [2.75, 3.05) is 0 Å². The summed E-state index contributed by atoms with van der Waals surface area (Å²) in [6.07, 6.45) is 0.881. The van der Waals surface area contributed by atoms with Crippen molar-refractivity contribution in [3.63, 3.8) is 0 Å². The number of hydrogen-bond donors (Lipinski definition) is 2. The highest BCUT2D eigenvalue weighted by atomic mass is 16.3. The molecule has 0 aliphatic heterocycles. The molecule has 0 spiro atoms. The Morgan fingerprint density at radius 3 is 2.80 bits per heavy atom. The van der Waals surface area contributed by atoms with Crippen LogP contribution in [0.5, 0.6) is 0 Å². The smallest absolute Gasteiger partial charge is 0.253 e. The Kier molecular flexibility index (Phi) is 2.56. The molecule has 2 rings (SSSR count). The molecule has 0 bridgehead atoms. The molecule has 0 amide bonds. The molecule has 0 unspecified atom stereocenters. The van der Waals surface area contributed by atoms with Crippen LogP contribution < -0.4 is 5.56 Å². The minimum Gasteiger partial charge on any atom is -0.391 e. The highest BCUT2D eigenvalue weighted by Crippen LogP contribution is 2.16. The molecule has 1 aromatic carbocycles. The lowest BCUT2D eigenvalue weighted by atomic mass is 10.1. The fourth-order valence-corrected chi connectivity index (χ4v) is 1.75. The Labute approximate surface area is 87.4 Å². The predicted molar refractivity (Wildman–Crippen MR) is 59.9 cm³/mol. The Morgan fingerprint density at radius 2 is 2.13 bits per heavy atom. The second-order valence-corrected chi connectivity index (χ2v) is 3.52. The summed E-state index contributed by atoms with van der Waals surface area (Å²) in [5.74, 6) is 0. The number of rotatable bonds is 2. The van der Waals surface area contributed by atoms with Gasteiger partial charge in [0.2, 0.25) is 0 Å². The van der Waals surface area contributed by atoms with Gasteiger partial charge in [0, 0.05) is 5.56 Å². The van der Waals surface area contributed by atoms with E-state index < -0.39 is 0 Å². The lowest BCUT2D eigenvalue weighted by Crippen LogP contribution is -2.12. The van der Waals surface area contributed by atoms with E-state index in [0.717, 1.165) is 22.9 Å². The molecule has 1 heterocycles. The number of aromatic amines is 1. The summed E-state index contributed by atoms with van der Waals surface area (Å²) in [5, 5.41) is 9.95. The molecule has 0 saturated heterocycles. The van der Waals surface area contributed by atoms with Gasteiger partial charge in [-0.1, -0.05) is 25.1 Å². The van der Waals surface area contributed by atoms with E-state index in [2.05, 4.69) is 4.98 Å². The molecule has 0 saturated carbocycles. The van der Waals surface area contributed by atoms with Crippen LogP contribution in [0.2, 0.25) is 0 Å². The number of aromatic nitrogens is 1. The molecular weight excluding hydrogens is 190 g/mol. The molecule has 0 aliphatic carbocycles. The Morgan fingerprint density at radius 1 is 1.33 bits per heavy atom. The van der Waals surface area contributed by atoms with Crippen molar-refractivity contribution in [1.82, 2.24) is 4.98 Å². The van der Waals surface area contributed by atoms with Crippen LogP contribution in [0.1, 0.15) is 18.1 Å². The van der Waals surface area contributed by atoms with Gasteiger partial charge < -0.3 is 10.1 Å². The maximum absolute atomic E-state index is 11.5. The van der Waals surface area contributed by atoms with Gasteiger partial charge in [0.05, 0.1) is 12.1 Å². The van der Waals surface area contributed by atoms with Crippen LogP contribution in [0, 0.1) is 0 Å². The number of fused-ring (bicyclic) bond motifs is 1. The van der Waals surface area contributed by atoms with Gasteiger partial charge in [0.25, 0.3) is 5.56 Å². The van der Waals surface area contributed by atoms with Gasteiger partial charge in [-0.2, -0.15) is 0 Å². The van der Waals surface area contributed by atoms with Crippen molar-refractivity contribution in [3.8, 4) is 0 Å². The minimum atomic E-state index is -0.221. The van der Waals surface area contributed by atoms with E-state index in [9.17, 15) is 4.79 Å². The SMILES string of the molecule is CCc1cccc2cc(CO)c(=O)[nH]c12. The zero-order valence-electron chi connectivity index (χ0n) is 8.58. The first kappa shape index (κ1) is 9.93. The van der Waals surface area contributed by atoms with E-state index in [4.69, 9.17) is 5.11 Å². The molecule has 3 nitrogen and oxygen atoms in total. The van der Waals surface area contributed by atoms with E-state index in [-0.39, 0.29) is 12.2 Å². The number of aliphatic hydroxyl groups excluding tert-OH is 1. The van der Waals surface area contributed by atoms with Crippen LogP contribution in [-0.2, 0) is 13.0 Å². The second kappa shape index (κ2) is 3.87. The summed E-state index contributed by atoms with van der Waals surface area (Å²) < 4.78 is 0. The number of para-hydroxylation sites is 1. The van der Waals surface area contributed by atoms with Crippen molar-refractivity contribution in [1.29, 1.82) is 0 Å². The van der Waals surface area contributed by atoms with Crippen molar-refractivity contribution >= 4 is 10.9 Å². The maximum atomic E-state index is 11.5. The van der Waals surface area contributed by atoms with Gasteiger partial charge in [-0.15, -0.1) is 0 Å². The molecule has 1 aromatic heterocycles. The lowest BCUT2D eigenvalue weighted by molar-refractivity contribution is 0.280. The molecule has 78 valence electrons. The number of H-pyrrole nitrogens is 1. The molecule has 2 N–H and O–H groups in total. The van der Waals surface area contributed by atoms with Gasteiger partial charge in [-0.3, -0.25) is 4.79 Å². The topological polar surface area (TPSA) is 53.1 Å². The number of nitrogens with one attached hydrogen (secondary N) is 1. The summed E-state index contributed by atoms with van der Waals surface area (Å²) in [6.45, 7) is 1.83. The highest BCUT2D eigenvalue weighted by Gasteiger charge is 2.03. The lowest BCUT2D eigenvalue weighted by Gasteiger charge is -2.05. The van der Waals surface area contributed by atoms with Crippen LogP contribution in [0.3, 0.4) is 0 Å². The van der Waals surface area contributed by atoms with Crippen LogP contribution in [-0.4, -0.2) is 10.1 Å².